The number of likely N-dealkylation sites (N-methyl/N-ethyl adjacent to an activating group) is 1. The molecule has 0 spiro atoms. The number of nitrogens with zero attached hydrogens (tertiary/aromatic N) is 1. The Kier molecular flexibility index (Phi) is 17.7. The lowest BCUT2D eigenvalue weighted by Crippen LogP contribution is -2.62. The van der Waals surface area contributed by atoms with Crippen LogP contribution in [0.3, 0.4) is 0 Å². The van der Waals surface area contributed by atoms with Crippen molar-refractivity contribution in [2.24, 2.45) is 23.7 Å². The van der Waals surface area contributed by atoms with Gasteiger partial charge in [-0.2, -0.15) is 0 Å². The molecule has 18 atom stereocenters. The summed E-state index contributed by atoms with van der Waals surface area (Å²) >= 11 is 0. The van der Waals surface area contributed by atoms with E-state index in [0.29, 0.717) is 17.5 Å². The first-order valence-electron chi connectivity index (χ1n) is 24.3. The van der Waals surface area contributed by atoms with Crippen molar-refractivity contribution in [2.75, 3.05) is 28.3 Å². The van der Waals surface area contributed by atoms with E-state index in [9.17, 15) is 24.0 Å². The van der Waals surface area contributed by atoms with Crippen molar-refractivity contribution in [1.82, 2.24) is 10.2 Å². The number of Topliss-reactive ketones (excluding diaryl/α,β-unsaturated/α-hetero) is 1. The second-order valence-electron chi connectivity index (χ2n) is 20.0. The molecule has 382 valence electrons. The van der Waals surface area contributed by atoms with E-state index < -0.39 is 120 Å². The van der Waals surface area contributed by atoms with Crippen LogP contribution in [-0.4, -0.2) is 148 Å². The number of alkyl carbamates (subject to hydrolysis) is 1. The summed E-state index contributed by atoms with van der Waals surface area (Å²) in [6.07, 6.45) is -8.92. The predicted molar refractivity (Wildman–Crippen MR) is 251 cm³/mol. The monoisotopic (exact) mass is 967 g/mol. The largest absolute Gasteiger partial charge is 0.458 e. The molecule has 4 aliphatic heterocycles. The van der Waals surface area contributed by atoms with Gasteiger partial charge in [-0.25, -0.2) is 14.4 Å². The molecule has 2 aromatic carbocycles. The zero-order valence-electron chi connectivity index (χ0n) is 42.4. The molecule has 1 amide bonds. The first-order chi connectivity index (χ1) is 32.6. The van der Waals surface area contributed by atoms with Crippen LogP contribution in [-0.2, 0) is 57.0 Å². The fourth-order valence-electron chi connectivity index (χ4n) is 10.7. The number of carbonyl (C=O) groups is 5. The third kappa shape index (κ3) is 12.0. The van der Waals surface area contributed by atoms with Gasteiger partial charge in [0.25, 0.3) is 0 Å². The molecule has 1 N–H and O–H groups in total. The summed E-state index contributed by atoms with van der Waals surface area (Å²) in [5.41, 5.74) is -1.74. The molecule has 4 saturated heterocycles. The van der Waals surface area contributed by atoms with Crippen molar-refractivity contribution in [1.29, 1.82) is 0 Å². The van der Waals surface area contributed by atoms with E-state index in [4.69, 9.17) is 47.4 Å². The molecule has 0 bridgehead atoms. The lowest BCUT2D eigenvalue weighted by Gasteiger charge is -2.50. The third-order valence-corrected chi connectivity index (χ3v) is 14.8. The number of hydrogen-bond donors (Lipinski definition) is 1. The zero-order valence-corrected chi connectivity index (χ0v) is 42.4. The van der Waals surface area contributed by atoms with Crippen molar-refractivity contribution >= 4 is 29.8 Å². The van der Waals surface area contributed by atoms with Crippen LogP contribution in [0.2, 0.25) is 0 Å². The summed E-state index contributed by atoms with van der Waals surface area (Å²) in [4.78, 5) is 71.4. The van der Waals surface area contributed by atoms with Gasteiger partial charge in [0.15, 0.2) is 30.9 Å². The van der Waals surface area contributed by atoms with Crippen LogP contribution >= 0.6 is 0 Å². The number of esters is 3. The highest BCUT2D eigenvalue weighted by Crippen LogP contribution is 2.42. The van der Waals surface area contributed by atoms with Crippen LogP contribution in [0.1, 0.15) is 109 Å². The molecule has 0 saturated carbocycles. The number of ketones is 1. The maximum atomic E-state index is 14.8. The van der Waals surface area contributed by atoms with Gasteiger partial charge >= 0.3 is 24.0 Å². The summed E-state index contributed by atoms with van der Waals surface area (Å²) in [5, 5.41) is 2.81. The molecular formula is C52H74N2O15. The number of nitrogens with one attached hydrogen (secondary N) is 1. The quantitative estimate of drug-likeness (QED) is 0.178. The highest BCUT2D eigenvalue weighted by molar-refractivity contribution is 5.90. The van der Waals surface area contributed by atoms with Crippen LogP contribution in [0.25, 0.3) is 0 Å². The van der Waals surface area contributed by atoms with Gasteiger partial charge in [-0.1, -0.05) is 64.1 Å². The van der Waals surface area contributed by atoms with Gasteiger partial charge in [0.05, 0.1) is 59.1 Å². The summed E-state index contributed by atoms with van der Waals surface area (Å²) in [5.74, 6) is -5.22. The van der Waals surface area contributed by atoms with Crippen LogP contribution in [0.15, 0.2) is 60.7 Å². The number of ether oxygens (including phenoxy) is 10. The lowest BCUT2D eigenvalue weighted by atomic mass is 9.75. The van der Waals surface area contributed by atoms with Crippen molar-refractivity contribution in [3.63, 3.8) is 0 Å². The van der Waals surface area contributed by atoms with Crippen LogP contribution in [0.5, 0.6) is 0 Å². The molecule has 4 fully saturated rings. The number of rotatable bonds is 12. The molecule has 2 aromatic rings. The Labute approximate surface area is 406 Å². The topological polar surface area (TPSA) is 193 Å². The minimum Gasteiger partial charge on any atom is -0.458 e. The second kappa shape index (κ2) is 22.7. The van der Waals surface area contributed by atoms with Gasteiger partial charge in [-0.3, -0.25) is 9.59 Å². The summed E-state index contributed by atoms with van der Waals surface area (Å²) in [6, 6.07) is 16.1. The molecular weight excluding hydrogens is 893 g/mol. The molecule has 17 nitrogen and oxygen atoms in total. The van der Waals surface area contributed by atoms with Crippen LogP contribution in [0, 0.1) is 23.7 Å². The molecule has 0 aromatic heterocycles. The van der Waals surface area contributed by atoms with E-state index >= 15 is 0 Å². The number of benzene rings is 2. The highest BCUT2D eigenvalue weighted by Gasteiger charge is 2.55. The van der Waals surface area contributed by atoms with Gasteiger partial charge in [0.1, 0.15) is 17.5 Å². The molecule has 0 aliphatic carbocycles. The Hall–Kier alpha value is -4.49. The van der Waals surface area contributed by atoms with E-state index in [1.165, 1.54) is 14.2 Å². The molecule has 4 aliphatic rings. The minimum atomic E-state index is -1.32. The minimum absolute atomic E-state index is 0.0658. The van der Waals surface area contributed by atoms with Gasteiger partial charge in [0.2, 0.25) is 0 Å². The predicted octanol–water partition coefficient (Wildman–Crippen LogP) is 6.53. The SMILES string of the molecule is CC[C@H]1OC(=O)[C@H](C)[C@@H](OC2C[C@@](C)(OC)[C@@H](OC(=O)c3ccccc3)[C@H](C)O2)[C@H](C)[C@@H](O[C@@H]2O[C@H](C)C[C@H](N(C)C)[C@H]2OC(=O)c2ccccc2)[C@@](C)(OC)C[C@@H](C)C(=O)[C@H](C)[C@H]2NC(=O)O[C@@H]21. The fraction of sp³-hybridized carbons (Fsp3) is 0.673. The molecule has 6 rings (SSSR count). The first kappa shape index (κ1) is 53.9. The Balaban J connectivity index is 1.43. The average Bonchev–Trinajstić information content (AvgIpc) is 3.73. The maximum absolute atomic E-state index is 14.8. The van der Waals surface area contributed by atoms with E-state index in [2.05, 4.69) is 5.32 Å². The summed E-state index contributed by atoms with van der Waals surface area (Å²) < 4.78 is 64.4. The van der Waals surface area contributed by atoms with Gasteiger partial charge in [0, 0.05) is 38.4 Å². The highest BCUT2D eigenvalue weighted by atomic mass is 16.7. The number of hydrogen-bond acceptors (Lipinski definition) is 16. The standard InChI is InChI=1S/C52H74N2O15/c1-14-37-43-39(53-50(59)67-43)30(4)40(55)28(2)26-51(8,60-12)44(69-49-42(36(54(10)11)25-29(3)62-49)66-47(57)34-21-17-15-18-22-34)31(5)41(32(6)46(56)64-37)65-38-27-52(9,61-13)45(33(7)63-38)68-48(58)35-23-19-16-20-24-35/h15-24,28-33,36-39,41-45,49H,14,25-27H2,1-13H3,(H,53,59)/t28-,29-,30-,31+,32-,33+,36+,37-,38?,39-,41+,42-,43-,44-,45+,49+,51+,52-/m1/s1. The number of cyclic esters (lactones) is 1. The number of fused-ring (bicyclic) bond motifs is 1. The van der Waals surface area contributed by atoms with Gasteiger partial charge in [-0.15, -0.1) is 0 Å². The Morgan fingerprint density at radius 2 is 1.32 bits per heavy atom. The number of methoxy groups -OCH3 is 2. The normalized spacial score (nSPS) is 39.0. The van der Waals surface area contributed by atoms with E-state index in [1.807, 2.05) is 59.7 Å². The van der Waals surface area contributed by atoms with E-state index in [1.54, 1.807) is 82.3 Å². The van der Waals surface area contributed by atoms with Crippen LogP contribution < -0.4 is 5.32 Å². The molecule has 69 heavy (non-hydrogen) atoms. The second-order valence-corrected chi connectivity index (χ2v) is 20.0. The average molecular weight is 967 g/mol. The summed E-state index contributed by atoms with van der Waals surface area (Å²) in [7, 11) is 6.85. The van der Waals surface area contributed by atoms with E-state index in [-0.39, 0.29) is 37.2 Å². The molecule has 17 heteroatoms. The zero-order chi connectivity index (χ0) is 50.5. The number of carbonyl (C=O) groups excluding carboxylic acids is 5. The number of amides is 1. The maximum Gasteiger partial charge on any atom is 0.407 e. The van der Waals surface area contributed by atoms with E-state index in [0.717, 1.165) is 0 Å². The first-order valence-corrected chi connectivity index (χ1v) is 24.3. The third-order valence-electron chi connectivity index (χ3n) is 14.8. The Morgan fingerprint density at radius 3 is 1.88 bits per heavy atom. The van der Waals surface area contributed by atoms with Gasteiger partial charge < -0.3 is 57.6 Å². The Bertz CT molecular complexity index is 2080. The summed E-state index contributed by atoms with van der Waals surface area (Å²) in [6.45, 7) is 16.2. The van der Waals surface area contributed by atoms with Crippen molar-refractivity contribution in [3.05, 3.63) is 71.8 Å². The molecule has 1 unspecified atom stereocenters. The molecule has 0 radical (unpaired) electrons. The van der Waals surface area contributed by atoms with Crippen molar-refractivity contribution < 1.29 is 71.3 Å². The smallest absolute Gasteiger partial charge is 0.407 e. The van der Waals surface area contributed by atoms with Crippen LogP contribution in [0.4, 0.5) is 4.79 Å². The van der Waals surface area contributed by atoms with Gasteiger partial charge in [-0.05, 0) is 92.2 Å². The van der Waals surface area contributed by atoms with Crippen molar-refractivity contribution in [2.45, 2.75) is 173 Å². The fourth-order valence-corrected chi connectivity index (χ4v) is 10.7. The lowest BCUT2D eigenvalue weighted by molar-refractivity contribution is -0.318. The Morgan fingerprint density at radius 1 is 0.739 bits per heavy atom. The van der Waals surface area contributed by atoms with Crippen molar-refractivity contribution in [3.8, 4) is 0 Å². The molecule has 4 heterocycles.